The van der Waals surface area contributed by atoms with Crippen LogP contribution in [0.15, 0.2) is 47.4 Å². The quantitative estimate of drug-likeness (QED) is 0.341. The molecule has 0 saturated heterocycles. The predicted molar refractivity (Wildman–Crippen MR) is 135 cm³/mol. The zero-order valence-corrected chi connectivity index (χ0v) is 20.7. The van der Waals surface area contributed by atoms with Gasteiger partial charge in [0.25, 0.3) is 5.91 Å². The first kappa shape index (κ1) is 24.6. The third-order valence-electron chi connectivity index (χ3n) is 7.32. The Labute approximate surface area is 214 Å². The Hall–Kier alpha value is -4.06. The van der Waals surface area contributed by atoms with Gasteiger partial charge >= 0.3 is 0 Å². The number of aryl methyl sites for hydroxylation is 1. The number of hydrogen-bond acceptors (Lipinski definition) is 6. The molecule has 1 amide bonds. The van der Waals surface area contributed by atoms with E-state index in [1.807, 2.05) is 0 Å². The molecule has 1 fully saturated rings. The highest BCUT2D eigenvalue weighted by molar-refractivity contribution is 5.95. The van der Waals surface area contributed by atoms with Crippen LogP contribution in [0.3, 0.4) is 0 Å². The van der Waals surface area contributed by atoms with Gasteiger partial charge in [-0.3, -0.25) is 9.78 Å². The summed E-state index contributed by atoms with van der Waals surface area (Å²) in [5.41, 5.74) is 2.48. The molecule has 0 aliphatic heterocycles. The fourth-order valence-corrected chi connectivity index (χ4v) is 5.29. The smallest absolute Gasteiger partial charge is 0.257 e. The maximum absolute atomic E-state index is 15.8. The number of rotatable bonds is 6. The summed E-state index contributed by atoms with van der Waals surface area (Å²) in [6.45, 7) is 1.72. The van der Waals surface area contributed by atoms with Gasteiger partial charge in [0, 0.05) is 18.0 Å². The molecule has 9 heteroatoms. The van der Waals surface area contributed by atoms with E-state index in [0.29, 0.717) is 28.2 Å². The molecule has 1 saturated carbocycles. The second-order valence-corrected chi connectivity index (χ2v) is 9.70. The van der Waals surface area contributed by atoms with Gasteiger partial charge in [-0.2, -0.15) is 5.26 Å². The number of amides is 1. The fourth-order valence-electron chi connectivity index (χ4n) is 5.29. The molecule has 0 radical (unpaired) electrons. The average Bonchev–Trinajstić information content (AvgIpc) is 3.52. The molecule has 3 aromatic heterocycles. The van der Waals surface area contributed by atoms with Crippen LogP contribution in [0, 0.1) is 30.0 Å². The molecule has 0 bridgehead atoms. The summed E-state index contributed by atoms with van der Waals surface area (Å²) < 4.78 is 20.8. The Balaban J connectivity index is 1.53. The van der Waals surface area contributed by atoms with Crippen LogP contribution in [0.4, 0.5) is 4.39 Å². The summed E-state index contributed by atoms with van der Waals surface area (Å²) in [7, 11) is 0. The Morgan fingerprint density at radius 3 is 2.57 bits per heavy atom. The van der Waals surface area contributed by atoms with Crippen molar-refractivity contribution < 1.29 is 13.7 Å². The normalized spacial score (nSPS) is 16.5. The highest BCUT2D eigenvalue weighted by Gasteiger charge is 2.30. The summed E-state index contributed by atoms with van der Waals surface area (Å²) >= 11 is 0. The lowest BCUT2D eigenvalue weighted by Gasteiger charge is -2.28. The first-order valence-corrected chi connectivity index (χ1v) is 12.8. The number of hydrogen-bond donors (Lipinski definition) is 2. The largest absolute Gasteiger partial charge is 0.364 e. The number of carbonyl (C=O) groups excluding carboxylic acids is 1. The van der Waals surface area contributed by atoms with Crippen molar-refractivity contribution in [3.05, 3.63) is 76.9 Å². The number of aromatic amines is 1. The Kier molecular flexibility index (Phi) is 7.26. The van der Waals surface area contributed by atoms with Gasteiger partial charge in [0.1, 0.15) is 23.2 Å². The molecule has 2 N–H and O–H groups in total. The zero-order chi connectivity index (χ0) is 25.8. The number of halogens is 1. The van der Waals surface area contributed by atoms with Gasteiger partial charge < -0.3 is 14.8 Å². The molecule has 1 aromatic carbocycles. The lowest BCUT2D eigenvalue weighted by atomic mass is 9.85. The monoisotopic (exact) mass is 500 g/mol. The predicted octanol–water partition coefficient (Wildman–Crippen LogP) is 5.88. The summed E-state index contributed by atoms with van der Waals surface area (Å²) in [4.78, 5) is 25.1. The van der Waals surface area contributed by atoms with E-state index < -0.39 is 17.8 Å². The van der Waals surface area contributed by atoms with Crippen LogP contribution in [0.5, 0.6) is 0 Å². The lowest BCUT2D eigenvalue weighted by molar-refractivity contribution is 0.0911. The van der Waals surface area contributed by atoms with Crippen LogP contribution in [0.1, 0.15) is 89.9 Å². The molecule has 4 aromatic rings. The SMILES string of the molecule is Cc1nocc1C(=O)NC(c1nc2c(F)c(C(C#N)c3ccncc3)ccc2[nH]1)C1CCCCCCC1. The van der Waals surface area contributed by atoms with Crippen LogP contribution in [-0.4, -0.2) is 26.0 Å². The molecule has 2 atom stereocenters. The average molecular weight is 501 g/mol. The van der Waals surface area contributed by atoms with Gasteiger partial charge in [-0.1, -0.05) is 43.3 Å². The van der Waals surface area contributed by atoms with E-state index in [9.17, 15) is 10.1 Å². The molecule has 190 valence electrons. The van der Waals surface area contributed by atoms with E-state index in [1.165, 1.54) is 12.7 Å². The molecular weight excluding hydrogens is 471 g/mol. The second kappa shape index (κ2) is 10.9. The number of carbonyl (C=O) groups is 1. The fraction of sp³-hybridized carbons (Fsp3) is 0.393. The summed E-state index contributed by atoms with van der Waals surface area (Å²) in [5.74, 6) is -0.964. The Bertz CT molecular complexity index is 1420. The highest BCUT2D eigenvalue weighted by atomic mass is 19.1. The van der Waals surface area contributed by atoms with Gasteiger partial charge in [0.05, 0.1) is 29.2 Å². The number of fused-ring (bicyclic) bond motifs is 1. The maximum Gasteiger partial charge on any atom is 0.257 e. The van der Waals surface area contributed by atoms with Crippen LogP contribution in [0.25, 0.3) is 11.0 Å². The van der Waals surface area contributed by atoms with E-state index in [-0.39, 0.29) is 22.9 Å². The third-order valence-corrected chi connectivity index (χ3v) is 7.32. The molecule has 0 spiro atoms. The number of imidazole rings is 1. The van der Waals surface area contributed by atoms with Crippen molar-refractivity contribution in [2.45, 2.75) is 63.8 Å². The second-order valence-electron chi connectivity index (χ2n) is 9.70. The molecule has 2 unspecified atom stereocenters. The number of nitriles is 1. The van der Waals surface area contributed by atoms with Crippen molar-refractivity contribution in [1.29, 1.82) is 5.26 Å². The van der Waals surface area contributed by atoms with E-state index in [2.05, 4.69) is 31.5 Å². The lowest BCUT2D eigenvalue weighted by Crippen LogP contribution is -2.35. The van der Waals surface area contributed by atoms with Gasteiger partial charge in [-0.05, 0) is 49.4 Å². The molecule has 8 nitrogen and oxygen atoms in total. The summed E-state index contributed by atoms with van der Waals surface area (Å²) in [6.07, 6.45) is 12.1. The van der Waals surface area contributed by atoms with Crippen LogP contribution < -0.4 is 5.32 Å². The molecule has 37 heavy (non-hydrogen) atoms. The van der Waals surface area contributed by atoms with Crippen molar-refractivity contribution >= 4 is 16.9 Å². The minimum atomic E-state index is -0.787. The number of pyridine rings is 1. The van der Waals surface area contributed by atoms with Crippen LogP contribution in [0.2, 0.25) is 0 Å². The number of aromatic nitrogens is 4. The van der Waals surface area contributed by atoms with E-state index in [1.54, 1.807) is 43.6 Å². The maximum atomic E-state index is 15.8. The minimum Gasteiger partial charge on any atom is -0.364 e. The van der Waals surface area contributed by atoms with Gasteiger partial charge in [0.15, 0.2) is 5.82 Å². The van der Waals surface area contributed by atoms with Gasteiger partial charge in [-0.25, -0.2) is 9.37 Å². The van der Waals surface area contributed by atoms with Crippen molar-refractivity contribution in [2.24, 2.45) is 5.92 Å². The van der Waals surface area contributed by atoms with Crippen molar-refractivity contribution in [2.75, 3.05) is 0 Å². The zero-order valence-electron chi connectivity index (χ0n) is 20.7. The first-order chi connectivity index (χ1) is 18.1. The van der Waals surface area contributed by atoms with Gasteiger partial charge in [0.2, 0.25) is 0 Å². The number of benzene rings is 1. The van der Waals surface area contributed by atoms with Crippen molar-refractivity contribution in [3.8, 4) is 6.07 Å². The molecule has 1 aliphatic rings. The standard InChI is InChI=1S/C28H29FN6O2/c1-17-22(16-37-35-17)28(36)34-25(19-7-5-3-2-4-6-8-19)27-32-23-10-9-20(24(29)26(23)33-27)21(15-30)18-11-13-31-14-12-18/h9-14,16,19,21,25H,2-8H2,1H3,(H,32,33)(H,34,36). The molecule has 5 rings (SSSR count). The van der Waals surface area contributed by atoms with Crippen LogP contribution >= 0.6 is 0 Å². The molecule has 3 heterocycles. The van der Waals surface area contributed by atoms with E-state index in [0.717, 1.165) is 38.5 Å². The van der Waals surface area contributed by atoms with Crippen molar-refractivity contribution in [1.82, 2.24) is 25.4 Å². The number of H-pyrrole nitrogens is 1. The molecular formula is C28H29FN6O2. The summed E-state index contributed by atoms with van der Waals surface area (Å²) in [5, 5.41) is 16.8. The first-order valence-electron chi connectivity index (χ1n) is 12.8. The van der Waals surface area contributed by atoms with Crippen LogP contribution in [-0.2, 0) is 0 Å². The van der Waals surface area contributed by atoms with Crippen molar-refractivity contribution in [3.63, 3.8) is 0 Å². The molecule has 1 aliphatic carbocycles. The highest BCUT2D eigenvalue weighted by Crippen LogP contribution is 2.35. The third kappa shape index (κ3) is 5.10. The topological polar surface area (TPSA) is 120 Å². The van der Waals surface area contributed by atoms with E-state index >= 15 is 4.39 Å². The minimum absolute atomic E-state index is 0.149. The Morgan fingerprint density at radius 2 is 1.89 bits per heavy atom. The van der Waals surface area contributed by atoms with Gasteiger partial charge in [-0.15, -0.1) is 0 Å². The number of nitrogens with one attached hydrogen (secondary N) is 2. The Morgan fingerprint density at radius 1 is 1.16 bits per heavy atom. The van der Waals surface area contributed by atoms with E-state index in [4.69, 9.17) is 4.52 Å². The number of nitrogens with zero attached hydrogens (tertiary/aromatic N) is 4. The summed E-state index contributed by atoms with van der Waals surface area (Å²) in [6, 6.07) is 8.56.